The van der Waals surface area contributed by atoms with Crippen molar-refractivity contribution in [3.8, 4) is 0 Å². The number of pyridine rings is 1. The van der Waals surface area contributed by atoms with Crippen LogP contribution in [0.3, 0.4) is 0 Å². The lowest BCUT2D eigenvalue weighted by atomic mass is 10.0. The SMILES string of the molecule is NC(=O)c1ccc(N2C[C@H](O)C[C@H](NC(=O)CN3CCOC3=O)C2)nc1. The van der Waals surface area contributed by atoms with Crippen LogP contribution in [0.1, 0.15) is 16.8 Å². The third kappa shape index (κ3) is 4.20. The molecule has 3 amide bonds. The first-order chi connectivity index (χ1) is 12.4. The molecule has 3 rings (SSSR count). The molecule has 0 unspecified atom stereocenters. The molecule has 0 aliphatic carbocycles. The lowest BCUT2D eigenvalue weighted by Crippen LogP contribution is -2.54. The number of nitrogens with one attached hydrogen (secondary N) is 1. The van der Waals surface area contributed by atoms with Gasteiger partial charge in [0.25, 0.3) is 0 Å². The molecule has 2 atom stereocenters. The summed E-state index contributed by atoms with van der Waals surface area (Å²) in [4.78, 5) is 42.0. The highest BCUT2D eigenvalue weighted by Gasteiger charge is 2.30. The van der Waals surface area contributed by atoms with Gasteiger partial charge in [0.1, 0.15) is 19.0 Å². The van der Waals surface area contributed by atoms with Crippen molar-refractivity contribution >= 4 is 23.7 Å². The highest BCUT2D eigenvalue weighted by molar-refractivity contribution is 5.92. The van der Waals surface area contributed by atoms with E-state index < -0.39 is 18.1 Å². The van der Waals surface area contributed by atoms with Gasteiger partial charge in [-0.25, -0.2) is 9.78 Å². The molecule has 140 valence electrons. The van der Waals surface area contributed by atoms with Crippen LogP contribution in [0.5, 0.6) is 0 Å². The second kappa shape index (κ2) is 7.56. The van der Waals surface area contributed by atoms with E-state index in [-0.39, 0.29) is 25.1 Å². The zero-order valence-corrected chi connectivity index (χ0v) is 14.1. The van der Waals surface area contributed by atoms with Crippen molar-refractivity contribution in [2.75, 3.05) is 37.7 Å². The van der Waals surface area contributed by atoms with Gasteiger partial charge in [0.15, 0.2) is 0 Å². The van der Waals surface area contributed by atoms with Crippen LogP contribution in [-0.2, 0) is 9.53 Å². The lowest BCUT2D eigenvalue weighted by Gasteiger charge is -2.36. The van der Waals surface area contributed by atoms with Crippen molar-refractivity contribution in [1.82, 2.24) is 15.2 Å². The molecule has 1 aromatic rings. The van der Waals surface area contributed by atoms with E-state index in [1.54, 1.807) is 12.1 Å². The third-order valence-corrected chi connectivity index (χ3v) is 4.33. The Bertz CT molecular complexity index is 695. The van der Waals surface area contributed by atoms with Crippen LogP contribution in [0, 0.1) is 0 Å². The normalized spacial score (nSPS) is 22.9. The van der Waals surface area contributed by atoms with Gasteiger partial charge in [0, 0.05) is 25.3 Å². The van der Waals surface area contributed by atoms with Crippen LogP contribution < -0.4 is 16.0 Å². The quantitative estimate of drug-likeness (QED) is 0.590. The molecule has 2 saturated heterocycles. The summed E-state index contributed by atoms with van der Waals surface area (Å²) in [6.45, 7) is 1.43. The van der Waals surface area contributed by atoms with E-state index in [2.05, 4.69) is 10.3 Å². The Hall–Kier alpha value is -2.88. The number of ether oxygens (including phenoxy) is 1. The number of hydrogen-bond donors (Lipinski definition) is 3. The minimum atomic E-state index is -0.636. The highest BCUT2D eigenvalue weighted by atomic mass is 16.6. The molecular formula is C16H21N5O5. The zero-order valence-electron chi connectivity index (χ0n) is 14.1. The molecular weight excluding hydrogens is 342 g/mol. The summed E-state index contributed by atoms with van der Waals surface area (Å²) in [5, 5.41) is 12.9. The first kappa shape index (κ1) is 17.9. The summed E-state index contributed by atoms with van der Waals surface area (Å²) in [5.74, 6) is -0.288. The molecule has 2 fully saturated rings. The summed E-state index contributed by atoms with van der Waals surface area (Å²) in [6, 6.07) is 2.93. The van der Waals surface area contributed by atoms with Gasteiger partial charge in [0.05, 0.1) is 18.2 Å². The Morgan fingerprint density at radius 3 is 2.81 bits per heavy atom. The van der Waals surface area contributed by atoms with E-state index in [4.69, 9.17) is 10.5 Å². The minimum absolute atomic E-state index is 0.0724. The number of β-amino-alcohol motifs (C(OH)–C–C–N with tert-alkyl or cyclic N) is 1. The van der Waals surface area contributed by atoms with Gasteiger partial charge < -0.3 is 25.8 Å². The van der Waals surface area contributed by atoms with Gasteiger partial charge in [-0.3, -0.25) is 14.5 Å². The number of rotatable bonds is 5. The molecule has 0 spiro atoms. The van der Waals surface area contributed by atoms with Gasteiger partial charge >= 0.3 is 6.09 Å². The fourth-order valence-corrected chi connectivity index (χ4v) is 3.10. The number of nitrogens with zero attached hydrogens (tertiary/aromatic N) is 3. The Kier molecular flexibility index (Phi) is 5.21. The van der Waals surface area contributed by atoms with Crippen molar-refractivity contribution in [3.63, 3.8) is 0 Å². The Morgan fingerprint density at radius 2 is 2.19 bits per heavy atom. The Labute approximate surface area is 149 Å². The van der Waals surface area contributed by atoms with Crippen molar-refractivity contribution in [2.45, 2.75) is 18.6 Å². The summed E-state index contributed by atoms with van der Waals surface area (Å²) < 4.78 is 4.79. The number of amides is 3. The number of aromatic nitrogens is 1. The van der Waals surface area contributed by atoms with Gasteiger partial charge in [-0.05, 0) is 18.6 Å². The molecule has 2 aliphatic heterocycles. The fourth-order valence-electron chi connectivity index (χ4n) is 3.10. The van der Waals surface area contributed by atoms with E-state index in [0.29, 0.717) is 37.4 Å². The van der Waals surface area contributed by atoms with Gasteiger partial charge in [-0.2, -0.15) is 0 Å². The van der Waals surface area contributed by atoms with Crippen LogP contribution in [0.15, 0.2) is 18.3 Å². The molecule has 3 heterocycles. The van der Waals surface area contributed by atoms with Gasteiger partial charge in [0.2, 0.25) is 11.8 Å². The standard InChI is InChI=1S/C16H21N5O5/c17-15(24)10-1-2-13(18-6-10)21-7-11(5-12(22)8-21)19-14(23)9-20-3-4-26-16(20)25/h1-2,6,11-12,22H,3-5,7-9H2,(H2,17,24)(H,19,23)/t11-,12+/m0/s1. The number of carbonyl (C=O) groups is 3. The predicted octanol–water partition coefficient (Wildman–Crippen LogP) is -1.31. The zero-order chi connectivity index (χ0) is 18.7. The molecule has 0 aromatic carbocycles. The van der Waals surface area contributed by atoms with E-state index in [1.165, 1.54) is 11.1 Å². The molecule has 10 nitrogen and oxygen atoms in total. The van der Waals surface area contributed by atoms with Crippen molar-refractivity contribution in [2.24, 2.45) is 5.73 Å². The smallest absolute Gasteiger partial charge is 0.410 e. The number of piperidine rings is 1. The van der Waals surface area contributed by atoms with Crippen LogP contribution in [0.2, 0.25) is 0 Å². The maximum Gasteiger partial charge on any atom is 0.410 e. The Morgan fingerprint density at radius 1 is 1.38 bits per heavy atom. The third-order valence-electron chi connectivity index (χ3n) is 4.33. The van der Waals surface area contributed by atoms with Crippen LogP contribution in [0.4, 0.5) is 10.6 Å². The molecule has 0 bridgehead atoms. The lowest BCUT2D eigenvalue weighted by molar-refractivity contribution is -0.122. The van der Waals surface area contributed by atoms with Crippen molar-refractivity contribution in [3.05, 3.63) is 23.9 Å². The summed E-state index contributed by atoms with van der Waals surface area (Å²) in [5.41, 5.74) is 5.50. The number of hydrogen-bond acceptors (Lipinski definition) is 7. The maximum atomic E-state index is 12.2. The topological polar surface area (TPSA) is 138 Å². The monoisotopic (exact) mass is 363 g/mol. The number of primary amides is 1. The molecule has 0 saturated carbocycles. The molecule has 0 radical (unpaired) electrons. The molecule has 1 aromatic heterocycles. The first-order valence-electron chi connectivity index (χ1n) is 8.32. The summed E-state index contributed by atoms with van der Waals surface area (Å²) in [7, 11) is 0. The van der Waals surface area contributed by atoms with E-state index in [9.17, 15) is 19.5 Å². The van der Waals surface area contributed by atoms with Gasteiger partial charge in [-0.15, -0.1) is 0 Å². The fraction of sp³-hybridized carbons (Fsp3) is 0.500. The average molecular weight is 363 g/mol. The first-order valence-corrected chi connectivity index (χ1v) is 8.32. The largest absolute Gasteiger partial charge is 0.448 e. The number of cyclic esters (lactones) is 1. The number of anilines is 1. The number of aliphatic hydroxyl groups excluding tert-OH is 1. The second-order valence-corrected chi connectivity index (χ2v) is 6.36. The van der Waals surface area contributed by atoms with E-state index in [0.717, 1.165) is 0 Å². The molecule has 2 aliphatic rings. The number of carbonyl (C=O) groups excluding carboxylic acids is 3. The predicted molar refractivity (Wildman–Crippen MR) is 90.4 cm³/mol. The van der Waals surface area contributed by atoms with Crippen LogP contribution >= 0.6 is 0 Å². The van der Waals surface area contributed by atoms with Gasteiger partial charge in [-0.1, -0.05) is 0 Å². The van der Waals surface area contributed by atoms with Crippen molar-refractivity contribution in [1.29, 1.82) is 0 Å². The van der Waals surface area contributed by atoms with Crippen LogP contribution in [0.25, 0.3) is 0 Å². The molecule has 10 heteroatoms. The maximum absolute atomic E-state index is 12.2. The molecule has 26 heavy (non-hydrogen) atoms. The highest BCUT2D eigenvalue weighted by Crippen LogP contribution is 2.18. The van der Waals surface area contributed by atoms with Crippen LogP contribution in [-0.4, -0.2) is 77.8 Å². The minimum Gasteiger partial charge on any atom is -0.448 e. The average Bonchev–Trinajstić information content (AvgIpc) is 2.99. The molecule has 4 N–H and O–H groups in total. The Balaban J connectivity index is 1.59. The number of nitrogens with two attached hydrogens (primary N) is 1. The summed E-state index contributed by atoms with van der Waals surface area (Å²) >= 11 is 0. The number of aliphatic hydroxyl groups is 1. The summed E-state index contributed by atoms with van der Waals surface area (Å²) in [6.07, 6.45) is 0.657. The van der Waals surface area contributed by atoms with E-state index in [1.807, 2.05) is 4.90 Å². The second-order valence-electron chi connectivity index (χ2n) is 6.36. The van der Waals surface area contributed by atoms with Crippen molar-refractivity contribution < 1.29 is 24.2 Å². The van der Waals surface area contributed by atoms with E-state index >= 15 is 0 Å².